The van der Waals surface area contributed by atoms with E-state index < -0.39 is 0 Å². The van der Waals surface area contributed by atoms with E-state index in [1.54, 1.807) is 23.1 Å². The first-order chi connectivity index (χ1) is 14.5. The molecule has 0 saturated heterocycles. The monoisotopic (exact) mass is 460 g/mol. The highest BCUT2D eigenvalue weighted by atomic mass is 35.5. The number of benzene rings is 2. The Morgan fingerprint density at radius 3 is 2.77 bits per heavy atom. The molecule has 1 aromatic heterocycles. The molecule has 8 heteroatoms. The van der Waals surface area contributed by atoms with Gasteiger partial charge in [0.15, 0.2) is 6.61 Å². The third-order valence-electron chi connectivity index (χ3n) is 4.72. The quantitative estimate of drug-likeness (QED) is 0.533. The maximum atomic E-state index is 12.9. The van der Waals surface area contributed by atoms with Crippen molar-refractivity contribution in [2.75, 3.05) is 23.4 Å². The lowest BCUT2D eigenvalue weighted by molar-refractivity contribution is -0.118. The maximum Gasteiger partial charge on any atom is 0.268 e. The fourth-order valence-corrected chi connectivity index (χ4v) is 4.46. The third-order valence-corrected chi connectivity index (χ3v) is 6.11. The number of anilines is 2. The first-order valence-electron chi connectivity index (χ1n) is 9.37. The minimum atomic E-state index is -0.326. The Morgan fingerprint density at radius 1 is 1.13 bits per heavy atom. The molecule has 1 aliphatic heterocycles. The summed E-state index contributed by atoms with van der Waals surface area (Å²) in [5.74, 6) is 0.0393. The van der Waals surface area contributed by atoms with Gasteiger partial charge in [-0.25, -0.2) is 0 Å². The zero-order valence-corrected chi connectivity index (χ0v) is 18.2. The molecule has 0 bridgehead atoms. The molecule has 0 saturated carbocycles. The summed E-state index contributed by atoms with van der Waals surface area (Å²) < 4.78 is 5.48. The van der Waals surface area contributed by atoms with Crippen molar-refractivity contribution in [2.45, 2.75) is 12.8 Å². The van der Waals surface area contributed by atoms with Crippen LogP contribution in [0.15, 0.2) is 53.9 Å². The van der Waals surface area contributed by atoms with Crippen LogP contribution in [0.4, 0.5) is 11.4 Å². The zero-order valence-electron chi connectivity index (χ0n) is 15.9. The molecule has 2 amide bonds. The van der Waals surface area contributed by atoms with Gasteiger partial charge in [0, 0.05) is 22.9 Å². The molecule has 1 aliphatic rings. The molecule has 1 N–H and O–H groups in total. The number of aryl methyl sites for hydroxylation is 1. The van der Waals surface area contributed by atoms with Crippen molar-refractivity contribution < 1.29 is 14.3 Å². The van der Waals surface area contributed by atoms with Crippen LogP contribution in [-0.2, 0) is 11.2 Å². The van der Waals surface area contributed by atoms with Crippen LogP contribution in [0.2, 0.25) is 10.0 Å². The number of halogens is 2. The van der Waals surface area contributed by atoms with Crippen molar-refractivity contribution in [2.24, 2.45) is 0 Å². The largest absolute Gasteiger partial charge is 0.482 e. The highest BCUT2D eigenvalue weighted by Crippen LogP contribution is 2.32. The van der Waals surface area contributed by atoms with Gasteiger partial charge < -0.3 is 15.0 Å². The Hall–Kier alpha value is -2.54. The molecule has 3 aromatic rings. The van der Waals surface area contributed by atoms with Crippen molar-refractivity contribution in [1.29, 1.82) is 0 Å². The molecule has 4 rings (SSSR count). The number of fused-ring (bicyclic) bond motifs is 1. The minimum Gasteiger partial charge on any atom is -0.482 e. The average Bonchev–Trinajstić information content (AvgIpc) is 3.27. The first kappa shape index (κ1) is 20.7. The number of carbonyl (C=O) groups excluding carboxylic acids is 2. The van der Waals surface area contributed by atoms with Gasteiger partial charge in [0.1, 0.15) is 5.75 Å². The van der Waals surface area contributed by atoms with Gasteiger partial charge in [-0.3, -0.25) is 9.59 Å². The molecule has 5 nitrogen and oxygen atoms in total. The normalized spacial score (nSPS) is 12.9. The molecular formula is C22H18Cl2N2O3S. The van der Waals surface area contributed by atoms with E-state index in [2.05, 4.69) is 5.32 Å². The van der Waals surface area contributed by atoms with Crippen LogP contribution >= 0.6 is 34.5 Å². The van der Waals surface area contributed by atoms with E-state index in [4.69, 9.17) is 27.9 Å². The van der Waals surface area contributed by atoms with Crippen molar-refractivity contribution in [3.8, 4) is 5.75 Å². The number of carbonyl (C=O) groups is 2. The predicted molar refractivity (Wildman–Crippen MR) is 121 cm³/mol. The number of ether oxygens (including phenoxy) is 1. The molecule has 2 aromatic carbocycles. The van der Waals surface area contributed by atoms with Gasteiger partial charge in [-0.1, -0.05) is 35.3 Å². The maximum absolute atomic E-state index is 12.9. The Labute approximate surface area is 188 Å². The van der Waals surface area contributed by atoms with E-state index in [1.165, 1.54) is 11.3 Å². The Kier molecular flexibility index (Phi) is 6.27. The van der Waals surface area contributed by atoms with Gasteiger partial charge in [0.2, 0.25) is 0 Å². The number of hydrogen-bond donors (Lipinski definition) is 1. The smallest absolute Gasteiger partial charge is 0.268 e. The number of rotatable bonds is 5. The lowest BCUT2D eigenvalue weighted by atomic mass is 10.0. The summed E-state index contributed by atoms with van der Waals surface area (Å²) in [5, 5.41) is 5.54. The molecule has 0 radical (unpaired) electrons. The molecule has 0 spiro atoms. The van der Waals surface area contributed by atoms with Crippen LogP contribution in [0.25, 0.3) is 0 Å². The van der Waals surface area contributed by atoms with Crippen LogP contribution in [0.5, 0.6) is 5.75 Å². The molecular weight excluding hydrogens is 443 g/mol. The number of thiophene rings is 1. The van der Waals surface area contributed by atoms with E-state index in [1.807, 2.05) is 35.7 Å². The molecule has 0 unspecified atom stereocenters. The van der Waals surface area contributed by atoms with Gasteiger partial charge in [0.25, 0.3) is 11.8 Å². The summed E-state index contributed by atoms with van der Waals surface area (Å²) in [6.07, 6.45) is 1.81. The SMILES string of the molecule is O=C(COc1ccc(Cl)cc1Cl)Nc1ccc2c(c1)N(C(=O)c1cccs1)CCC2. The fraction of sp³-hybridized carbons (Fsp3) is 0.182. The Morgan fingerprint density at radius 2 is 2.00 bits per heavy atom. The van der Waals surface area contributed by atoms with Gasteiger partial charge in [-0.15, -0.1) is 11.3 Å². The van der Waals surface area contributed by atoms with Crippen molar-refractivity contribution in [3.63, 3.8) is 0 Å². The van der Waals surface area contributed by atoms with Gasteiger partial charge >= 0.3 is 0 Å². The molecule has 154 valence electrons. The summed E-state index contributed by atoms with van der Waals surface area (Å²) >= 11 is 13.4. The average molecular weight is 461 g/mol. The standard InChI is InChI=1S/C22H18Cl2N2O3S/c23-15-6-8-19(17(24)11-15)29-13-21(27)25-16-7-5-14-3-1-9-26(18(14)12-16)22(28)20-4-2-10-30-20/h2,4-8,10-12H,1,3,9,13H2,(H,25,27). The number of nitrogens with zero attached hydrogens (tertiary/aromatic N) is 1. The molecule has 0 atom stereocenters. The Bertz CT molecular complexity index is 1090. The van der Waals surface area contributed by atoms with E-state index >= 15 is 0 Å². The summed E-state index contributed by atoms with van der Waals surface area (Å²) in [4.78, 5) is 27.7. The van der Waals surface area contributed by atoms with Crippen molar-refractivity contribution in [1.82, 2.24) is 0 Å². The van der Waals surface area contributed by atoms with Gasteiger partial charge in [0.05, 0.1) is 9.90 Å². The summed E-state index contributed by atoms with van der Waals surface area (Å²) in [6.45, 7) is 0.454. The van der Waals surface area contributed by atoms with Crippen LogP contribution in [0.1, 0.15) is 21.7 Å². The van der Waals surface area contributed by atoms with E-state index in [-0.39, 0.29) is 18.4 Å². The highest BCUT2D eigenvalue weighted by molar-refractivity contribution is 7.12. The molecule has 0 fully saturated rings. The number of amides is 2. The second-order valence-corrected chi connectivity index (χ2v) is 8.58. The van der Waals surface area contributed by atoms with Gasteiger partial charge in [-0.2, -0.15) is 0 Å². The van der Waals surface area contributed by atoms with E-state index in [0.29, 0.717) is 32.9 Å². The number of nitrogens with one attached hydrogen (secondary N) is 1. The first-order valence-corrected chi connectivity index (χ1v) is 11.0. The second kappa shape index (κ2) is 9.08. The van der Waals surface area contributed by atoms with Crippen LogP contribution in [0.3, 0.4) is 0 Å². The summed E-state index contributed by atoms with van der Waals surface area (Å²) in [6, 6.07) is 14.1. The fourth-order valence-electron chi connectivity index (χ4n) is 3.33. The van der Waals surface area contributed by atoms with Crippen LogP contribution in [0, 0.1) is 0 Å². The van der Waals surface area contributed by atoms with E-state index in [0.717, 1.165) is 24.1 Å². The lowest BCUT2D eigenvalue weighted by Gasteiger charge is -2.29. The topological polar surface area (TPSA) is 58.6 Å². The number of hydrogen-bond acceptors (Lipinski definition) is 4. The molecule has 30 heavy (non-hydrogen) atoms. The van der Waals surface area contributed by atoms with Crippen LogP contribution in [-0.4, -0.2) is 25.0 Å². The minimum absolute atomic E-state index is 0.0184. The summed E-state index contributed by atoms with van der Waals surface area (Å²) in [7, 11) is 0. The van der Waals surface area contributed by atoms with Crippen molar-refractivity contribution >= 4 is 57.7 Å². The highest BCUT2D eigenvalue weighted by Gasteiger charge is 2.24. The van der Waals surface area contributed by atoms with Gasteiger partial charge in [-0.05, 0) is 60.2 Å². The zero-order chi connectivity index (χ0) is 21.1. The summed E-state index contributed by atoms with van der Waals surface area (Å²) in [5.41, 5.74) is 2.53. The van der Waals surface area contributed by atoms with Crippen molar-refractivity contribution in [3.05, 3.63) is 74.4 Å². The molecule has 0 aliphatic carbocycles. The third kappa shape index (κ3) is 4.61. The van der Waals surface area contributed by atoms with Crippen LogP contribution < -0.4 is 15.0 Å². The second-order valence-electron chi connectivity index (χ2n) is 6.79. The van der Waals surface area contributed by atoms with E-state index in [9.17, 15) is 9.59 Å². The molecule has 2 heterocycles. The predicted octanol–water partition coefficient (Wildman–Crippen LogP) is 5.67. The lowest BCUT2D eigenvalue weighted by Crippen LogP contribution is -2.35. The Balaban J connectivity index is 1.46.